The normalized spacial score (nSPS) is 20.3. The summed E-state index contributed by atoms with van der Waals surface area (Å²) in [7, 11) is 1.61. The van der Waals surface area contributed by atoms with Gasteiger partial charge >= 0.3 is 0 Å². The fraction of sp³-hybridized carbons (Fsp3) is 0.304. The zero-order valence-corrected chi connectivity index (χ0v) is 16.7. The van der Waals surface area contributed by atoms with Gasteiger partial charge < -0.3 is 21.1 Å². The summed E-state index contributed by atoms with van der Waals surface area (Å²) in [6, 6.07) is 10.9. The Labute approximate surface area is 170 Å². The van der Waals surface area contributed by atoms with Gasteiger partial charge in [0.15, 0.2) is 0 Å². The topological polar surface area (TPSA) is 89.3 Å². The Morgan fingerprint density at radius 3 is 2.86 bits per heavy atom. The summed E-state index contributed by atoms with van der Waals surface area (Å²) < 4.78 is 5.36. The molecule has 2 unspecified atom stereocenters. The summed E-state index contributed by atoms with van der Waals surface area (Å²) in [5, 5.41) is 6.31. The van der Waals surface area contributed by atoms with Gasteiger partial charge in [0.1, 0.15) is 17.3 Å². The molecule has 0 saturated carbocycles. The van der Waals surface area contributed by atoms with Crippen LogP contribution in [-0.2, 0) is 0 Å². The molecule has 2 aliphatic carbocycles. The van der Waals surface area contributed by atoms with Crippen molar-refractivity contribution < 1.29 is 9.53 Å². The first-order valence-corrected chi connectivity index (χ1v) is 9.90. The van der Waals surface area contributed by atoms with Gasteiger partial charge in [-0.3, -0.25) is 4.79 Å². The van der Waals surface area contributed by atoms with Crippen molar-refractivity contribution in [3.05, 3.63) is 65.4 Å². The number of ether oxygens (including phenoxy) is 1. The second-order valence-electron chi connectivity index (χ2n) is 7.66. The van der Waals surface area contributed by atoms with Crippen molar-refractivity contribution in [2.24, 2.45) is 5.92 Å². The Kier molecular flexibility index (Phi) is 5.25. The van der Waals surface area contributed by atoms with Crippen LogP contribution in [0.2, 0.25) is 0 Å². The third-order valence-corrected chi connectivity index (χ3v) is 5.53. The number of allylic oxidation sites excluding steroid dienone is 2. The van der Waals surface area contributed by atoms with Crippen LogP contribution in [-0.4, -0.2) is 24.0 Å². The maximum absolute atomic E-state index is 12.8. The molecule has 1 aromatic carbocycles. The Morgan fingerprint density at radius 1 is 1.24 bits per heavy atom. The van der Waals surface area contributed by atoms with Gasteiger partial charge in [-0.15, -0.1) is 0 Å². The molecule has 0 radical (unpaired) electrons. The van der Waals surface area contributed by atoms with Crippen molar-refractivity contribution in [1.82, 2.24) is 10.3 Å². The molecule has 4 rings (SSSR count). The predicted octanol–water partition coefficient (Wildman–Crippen LogP) is 4.20. The molecule has 2 atom stereocenters. The lowest BCUT2D eigenvalue weighted by atomic mass is 9.90. The molecule has 29 heavy (non-hydrogen) atoms. The zero-order valence-electron chi connectivity index (χ0n) is 16.7. The van der Waals surface area contributed by atoms with Crippen LogP contribution in [0.3, 0.4) is 0 Å². The SMILES string of the molecule is COc1ccccc1Nc1cc(N)cc(C(=O)NC2CC3=C(C2)C(C)CC=C3)n1. The van der Waals surface area contributed by atoms with E-state index in [0.717, 1.165) is 24.9 Å². The van der Waals surface area contributed by atoms with Crippen molar-refractivity contribution >= 4 is 23.1 Å². The van der Waals surface area contributed by atoms with Crippen LogP contribution in [0.25, 0.3) is 0 Å². The summed E-state index contributed by atoms with van der Waals surface area (Å²) in [5.41, 5.74) is 10.4. The Morgan fingerprint density at radius 2 is 2.07 bits per heavy atom. The van der Waals surface area contributed by atoms with E-state index in [1.54, 1.807) is 19.2 Å². The van der Waals surface area contributed by atoms with Gasteiger partial charge in [-0.25, -0.2) is 4.98 Å². The summed E-state index contributed by atoms with van der Waals surface area (Å²) in [5.74, 6) is 1.54. The second kappa shape index (κ2) is 7.99. The van der Waals surface area contributed by atoms with Gasteiger partial charge in [-0.05, 0) is 49.0 Å². The van der Waals surface area contributed by atoms with E-state index in [2.05, 4.69) is 34.7 Å². The number of nitrogen functional groups attached to an aromatic ring is 1. The predicted molar refractivity (Wildman–Crippen MR) is 115 cm³/mol. The lowest BCUT2D eigenvalue weighted by molar-refractivity contribution is 0.0933. The molecule has 6 heteroatoms. The number of hydrogen-bond acceptors (Lipinski definition) is 5. The number of amides is 1. The van der Waals surface area contributed by atoms with E-state index in [4.69, 9.17) is 10.5 Å². The minimum Gasteiger partial charge on any atom is -0.495 e. The number of anilines is 3. The van der Waals surface area contributed by atoms with E-state index >= 15 is 0 Å². The average molecular weight is 390 g/mol. The Balaban J connectivity index is 1.48. The van der Waals surface area contributed by atoms with Crippen LogP contribution in [0.1, 0.15) is 36.7 Å². The molecular formula is C23H26N4O2. The highest BCUT2D eigenvalue weighted by Gasteiger charge is 2.29. The van der Waals surface area contributed by atoms with Crippen LogP contribution in [0.4, 0.5) is 17.2 Å². The van der Waals surface area contributed by atoms with Crippen LogP contribution < -0.4 is 21.1 Å². The third kappa shape index (κ3) is 4.11. The fourth-order valence-corrected chi connectivity index (χ4v) is 4.09. The number of rotatable bonds is 5. The molecule has 0 aliphatic heterocycles. The molecule has 0 saturated heterocycles. The molecule has 1 amide bonds. The monoisotopic (exact) mass is 390 g/mol. The number of pyridine rings is 1. The number of aromatic nitrogens is 1. The number of methoxy groups -OCH3 is 1. The number of nitrogens with two attached hydrogens (primary N) is 1. The largest absolute Gasteiger partial charge is 0.495 e. The Bertz CT molecular complexity index is 996. The summed E-state index contributed by atoms with van der Waals surface area (Å²) in [6.45, 7) is 2.25. The number of carbonyl (C=O) groups excluding carboxylic acids is 1. The van der Waals surface area contributed by atoms with Crippen molar-refractivity contribution in [2.45, 2.75) is 32.2 Å². The zero-order chi connectivity index (χ0) is 20.4. The van der Waals surface area contributed by atoms with Gasteiger partial charge in [0, 0.05) is 17.8 Å². The standard InChI is InChI=1S/C23H26N4O2/c1-14-6-5-7-15-10-17(13-18(14)15)25-23(28)20-11-16(24)12-22(27-20)26-19-8-3-4-9-21(19)29-2/h3-5,7-9,11-12,14,17H,6,10,13H2,1-2H3,(H,25,28)(H3,24,26,27). The first kappa shape index (κ1) is 19.1. The van der Waals surface area contributed by atoms with E-state index in [-0.39, 0.29) is 11.9 Å². The highest BCUT2D eigenvalue weighted by atomic mass is 16.5. The number of hydrogen-bond donors (Lipinski definition) is 3. The van der Waals surface area contributed by atoms with Crippen molar-refractivity contribution in [2.75, 3.05) is 18.2 Å². The molecule has 150 valence electrons. The first-order chi connectivity index (χ1) is 14.0. The lowest BCUT2D eigenvalue weighted by Crippen LogP contribution is -2.34. The van der Waals surface area contributed by atoms with Crippen molar-refractivity contribution in [3.63, 3.8) is 0 Å². The van der Waals surface area contributed by atoms with Crippen LogP contribution in [0.5, 0.6) is 5.75 Å². The molecule has 0 bridgehead atoms. The second-order valence-corrected chi connectivity index (χ2v) is 7.66. The van der Waals surface area contributed by atoms with E-state index in [0.29, 0.717) is 28.9 Å². The number of benzene rings is 1. The molecule has 2 aliphatic rings. The molecule has 6 nitrogen and oxygen atoms in total. The van der Waals surface area contributed by atoms with Crippen molar-refractivity contribution in [1.29, 1.82) is 0 Å². The highest BCUT2D eigenvalue weighted by Crippen LogP contribution is 2.37. The lowest BCUT2D eigenvalue weighted by Gasteiger charge is -2.17. The van der Waals surface area contributed by atoms with E-state index in [1.807, 2.05) is 24.3 Å². The number of carbonyl (C=O) groups is 1. The maximum Gasteiger partial charge on any atom is 0.270 e. The number of nitrogens with zero attached hydrogens (tertiary/aromatic N) is 1. The summed E-state index contributed by atoms with van der Waals surface area (Å²) >= 11 is 0. The number of nitrogens with one attached hydrogen (secondary N) is 2. The smallest absolute Gasteiger partial charge is 0.270 e. The minimum absolute atomic E-state index is 0.103. The van der Waals surface area contributed by atoms with E-state index in [1.165, 1.54) is 11.1 Å². The number of para-hydroxylation sites is 2. The summed E-state index contributed by atoms with van der Waals surface area (Å²) in [4.78, 5) is 17.3. The highest BCUT2D eigenvalue weighted by molar-refractivity contribution is 5.94. The van der Waals surface area contributed by atoms with Gasteiger partial charge in [0.25, 0.3) is 5.91 Å². The van der Waals surface area contributed by atoms with Gasteiger partial charge in [0.2, 0.25) is 0 Å². The first-order valence-electron chi connectivity index (χ1n) is 9.90. The minimum atomic E-state index is -0.207. The quantitative estimate of drug-likeness (QED) is 0.712. The van der Waals surface area contributed by atoms with Crippen molar-refractivity contribution in [3.8, 4) is 5.75 Å². The average Bonchev–Trinajstić information content (AvgIpc) is 3.12. The fourth-order valence-electron chi connectivity index (χ4n) is 4.09. The van der Waals surface area contributed by atoms with Crippen LogP contribution in [0, 0.1) is 5.92 Å². The van der Waals surface area contributed by atoms with E-state index in [9.17, 15) is 4.79 Å². The molecule has 1 aromatic heterocycles. The Hall–Kier alpha value is -3.28. The molecule has 2 aromatic rings. The third-order valence-electron chi connectivity index (χ3n) is 5.53. The van der Waals surface area contributed by atoms with E-state index < -0.39 is 0 Å². The summed E-state index contributed by atoms with van der Waals surface area (Å²) in [6.07, 6.45) is 7.28. The molecule has 0 fully saturated rings. The van der Waals surface area contributed by atoms with Crippen LogP contribution in [0.15, 0.2) is 59.7 Å². The maximum atomic E-state index is 12.8. The van der Waals surface area contributed by atoms with Gasteiger partial charge in [-0.2, -0.15) is 0 Å². The molecule has 1 heterocycles. The molecule has 4 N–H and O–H groups in total. The van der Waals surface area contributed by atoms with Gasteiger partial charge in [-0.1, -0.05) is 36.8 Å². The molecule has 0 spiro atoms. The van der Waals surface area contributed by atoms with Crippen LogP contribution >= 0.6 is 0 Å². The van der Waals surface area contributed by atoms with Gasteiger partial charge in [0.05, 0.1) is 12.8 Å². The molecular weight excluding hydrogens is 364 g/mol.